The number of nitrogens with one attached hydrogen (secondary N) is 1. The Bertz CT molecular complexity index is 1080. The van der Waals surface area contributed by atoms with Gasteiger partial charge in [0.25, 0.3) is 5.88 Å². The fraction of sp³-hybridized carbons (Fsp3) is 0.500. The van der Waals surface area contributed by atoms with Crippen LogP contribution in [0.2, 0.25) is 0 Å². The van der Waals surface area contributed by atoms with E-state index in [1.807, 2.05) is 12.4 Å². The van der Waals surface area contributed by atoms with E-state index in [1.54, 1.807) is 12.3 Å². The fourth-order valence-electron chi connectivity index (χ4n) is 4.38. The van der Waals surface area contributed by atoms with Crippen LogP contribution >= 0.6 is 11.3 Å². The Balaban J connectivity index is 1.19. The number of nitrogens with zero attached hydrogens (tertiary/aromatic N) is 6. The van der Waals surface area contributed by atoms with Crippen LogP contribution in [0.4, 0.5) is 15.5 Å². The molecule has 1 aliphatic carbocycles. The molecule has 0 aromatic carbocycles. The molecule has 1 saturated carbocycles. The summed E-state index contributed by atoms with van der Waals surface area (Å²) in [6.07, 6.45) is 9.65. The molecular formula is C24H30FN7OS. The average molecular weight is 484 g/mol. The molecule has 8 nitrogen and oxygen atoms in total. The van der Waals surface area contributed by atoms with E-state index >= 15 is 0 Å². The first-order chi connectivity index (χ1) is 16.7. The van der Waals surface area contributed by atoms with Crippen molar-refractivity contribution in [2.75, 3.05) is 38.0 Å². The van der Waals surface area contributed by atoms with Crippen molar-refractivity contribution in [3.63, 3.8) is 0 Å². The van der Waals surface area contributed by atoms with Gasteiger partial charge in [-0.3, -0.25) is 4.90 Å². The normalized spacial score (nSPS) is 17.8. The maximum Gasteiger partial charge on any atom is 0.251 e. The Morgan fingerprint density at radius 3 is 2.50 bits per heavy atom. The number of anilines is 2. The molecule has 1 saturated heterocycles. The SMILES string of the molecule is CCN1CCN(Cc2cnc(Nc3ncc(-c4ccc(F)c(OC5CCCC5)n4)s3)nc2)CC1. The summed E-state index contributed by atoms with van der Waals surface area (Å²) < 4.78 is 20.0. The Morgan fingerprint density at radius 1 is 1.03 bits per heavy atom. The average Bonchev–Trinajstić information content (AvgIpc) is 3.55. The van der Waals surface area contributed by atoms with Crippen molar-refractivity contribution < 1.29 is 9.13 Å². The minimum Gasteiger partial charge on any atom is -0.472 e. The highest BCUT2D eigenvalue weighted by Gasteiger charge is 2.20. The second-order valence-corrected chi connectivity index (χ2v) is 9.82. The van der Waals surface area contributed by atoms with Crippen LogP contribution in [0.5, 0.6) is 5.88 Å². The lowest BCUT2D eigenvalue weighted by Gasteiger charge is -2.33. The first-order valence-electron chi connectivity index (χ1n) is 12.0. The molecule has 1 aliphatic heterocycles. The molecule has 0 spiro atoms. The minimum absolute atomic E-state index is 0.0528. The third-order valence-electron chi connectivity index (χ3n) is 6.39. The lowest BCUT2D eigenvalue weighted by molar-refractivity contribution is 0.132. The maximum absolute atomic E-state index is 14.2. The Kier molecular flexibility index (Phi) is 7.27. The smallest absolute Gasteiger partial charge is 0.251 e. The molecule has 0 radical (unpaired) electrons. The molecule has 5 rings (SSSR count). The topological polar surface area (TPSA) is 79.3 Å². The highest BCUT2D eigenvalue weighted by Crippen LogP contribution is 2.32. The number of hydrogen-bond donors (Lipinski definition) is 1. The van der Waals surface area contributed by atoms with Gasteiger partial charge in [-0.1, -0.05) is 18.3 Å². The highest BCUT2D eigenvalue weighted by molar-refractivity contribution is 7.18. The third kappa shape index (κ3) is 5.68. The van der Waals surface area contributed by atoms with E-state index in [4.69, 9.17) is 4.74 Å². The van der Waals surface area contributed by atoms with Gasteiger partial charge in [0.15, 0.2) is 10.9 Å². The monoisotopic (exact) mass is 483 g/mol. The van der Waals surface area contributed by atoms with E-state index in [2.05, 4.69) is 42.0 Å². The number of likely N-dealkylation sites (N-methyl/N-ethyl adjacent to an activating group) is 1. The fourth-order valence-corrected chi connectivity index (χ4v) is 5.16. The number of ether oxygens (including phenoxy) is 1. The number of rotatable bonds is 8. The van der Waals surface area contributed by atoms with Crippen molar-refractivity contribution in [2.24, 2.45) is 0 Å². The number of halogens is 1. The molecule has 0 bridgehead atoms. The predicted molar refractivity (Wildman–Crippen MR) is 131 cm³/mol. The number of thiazole rings is 1. The molecule has 3 aromatic rings. The highest BCUT2D eigenvalue weighted by atomic mass is 32.1. The van der Waals surface area contributed by atoms with E-state index in [1.165, 1.54) is 17.4 Å². The van der Waals surface area contributed by atoms with Gasteiger partial charge in [-0.05, 0) is 44.4 Å². The third-order valence-corrected chi connectivity index (χ3v) is 7.33. The van der Waals surface area contributed by atoms with E-state index in [9.17, 15) is 4.39 Å². The van der Waals surface area contributed by atoms with Crippen LogP contribution in [0.1, 0.15) is 38.2 Å². The minimum atomic E-state index is -0.431. The summed E-state index contributed by atoms with van der Waals surface area (Å²) in [7, 11) is 0. The second-order valence-electron chi connectivity index (χ2n) is 8.79. The van der Waals surface area contributed by atoms with Crippen LogP contribution in [0.3, 0.4) is 0 Å². The van der Waals surface area contributed by atoms with E-state index in [-0.39, 0.29) is 12.0 Å². The zero-order valence-electron chi connectivity index (χ0n) is 19.4. The first-order valence-corrected chi connectivity index (χ1v) is 12.8. The molecule has 4 heterocycles. The van der Waals surface area contributed by atoms with Crippen LogP contribution in [0.25, 0.3) is 10.6 Å². The summed E-state index contributed by atoms with van der Waals surface area (Å²) in [5, 5.41) is 3.81. The van der Waals surface area contributed by atoms with Crippen LogP contribution in [-0.4, -0.2) is 68.6 Å². The molecular weight excluding hydrogens is 453 g/mol. The molecule has 34 heavy (non-hydrogen) atoms. The summed E-state index contributed by atoms with van der Waals surface area (Å²) in [6.45, 7) is 8.55. The maximum atomic E-state index is 14.2. The van der Waals surface area contributed by atoms with E-state index in [0.717, 1.165) is 75.4 Å². The largest absolute Gasteiger partial charge is 0.472 e. The van der Waals surface area contributed by atoms with Gasteiger partial charge >= 0.3 is 0 Å². The number of pyridine rings is 1. The quantitative estimate of drug-likeness (QED) is 0.507. The van der Waals surface area contributed by atoms with E-state index in [0.29, 0.717) is 16.8 Å². The van der Waals surface area contributed by atoms with Crippen LogP contribution in [0, 0.1) is 5.82 Å². The number of piperazine rings is 1. The lowest BCUT2D eigenvalue weighted by atomic mass is 10.2. The second kappa shape index (κ2) is 10.7. The van der Waals surface area contributed by atoms with Crippen LogP contribution in [-0.2, 0) is 6.54 Å². The molecule has 1 N–H and O–H groups in total. The molecule has 10 heteroatoms. The zero-order chi connectivity index (χ0) is 23.3. The predicted octanol–water partition coefficient (Wildman–Crippen LogP) is 4.34. The lowest BCUT2D eigenvalue weighted by Crippen LogP contribution is -2.45. The summed E-state index contributed by atoms with van der Waals surface area (Å²) >= 11 is 1.42. The van der Waals surface area contributed by atoms with Gasteiger partial charge in [0.05, 0.1) is 10.6 Å². The summed E-state index contributed by atoms with van der Waals surface area (Å²) in [4.78, 5) is 23.5. The van der Waals surface area contributed by atoms with Crippen LogP contribution < -0.4 is 10.1 Å². The van der Waals surface area contributed by atoms with Gasteiger partial charge in [0.2, 0.25) is 5.95 Å². The van der Waals surface area contributed by atoms with Crippen molar-refractivity contribution >= 4 is 22.4 Å². The van der Waals surface area contributed by atoms with Gasteiger partial charge < -0.3 is 15.0 Å². The molecule has 0 amide bonds. The molecule has 2 aliphatic rings. The summed E-state index contributed by atoms with van der Waals surface area (Å²) in [6, 6.07) is 3.06. The molecule has 180 valence electrons. The van der Waals surface area contributed by atoms with Gasteiger partial charge in [0, 0.05) is 56.9 Å². The number of hydrogen-bond acceptors (Lipinski definition) is 9. The number of aromatic nitrogens is 4. The molecule has 0 atom stereocenters. The summed E-state index contributed by atoms with van der Waals surface area (Å²) in [5.41, 5.74) is 1.74. The standard InChI is InChI=1S/C24H30FN7OS/c1-2-31-9-11-32(12-10-31)16-17-13-26-23(27-14-17)30-24-28-15-21(34-24)20-8-7-19(25)22(29-20)33-18-5-3-4-6-18/h7-8,13-15,18H,2-6,9-12,16H2,1H3,(H,26,27,28,30). The Morgan fingerprint density at radius 2 is 1.76 bits per heavy atom. The molecule has 2 fully saturated rings. The zero-order valence-corrected chi connectivity index (χ0v) is 20.2. The summed E-state index contributed by atoms with van der Waals surface area (Å²) in [5.74, 6) is 0.138. The van der Waals surface area contributed by atoms with Gasteiger partial charge in [-0.25, -0.2) is 24.3 Å². The van der Waals surface area contributed by atoms with Gasteiger partial charge in [-0.15, -0.1) is 0 Å². The van der Waals surface area contributed by atoms with Gasteiger partial charge in [-0.2, -0.15) is 0 Å². The van der Waals surface area contributed by atoms with Crippen molar-refractivity contribution in [1.29, 1.82) is 0 Å². The molecule has 0 unspecified atom stereocenters. The Hall–Kier alpha value is -2.69. The first kappa shape index (κ1) is 23.1. The van der Waals surface area contributed by atoms with Crippen molar-refractivity contribution in [3.05, 3.63) is 42.1 Å². The van der Waals surface area contributed by atoms with Gasteiger partial charge in [0.1, 0.15) is 6.10 Å². The van der Waals surface area contributed by atoms with Crippen molar-refractivity contribution in [2.45, 2.75) is 45.3 Å². The van der Waals surface area contributed by atoms with Crippen molar-refractivity contribution in [1.82, 2.24) is 29.7 Å². The van der Waals surface area contributed by atoms with E-state index < -0.39 is 5.82 Å². The van der Waals surface area contributed by atoms with Crippen LogP contribution in [0.15, 0.2) is 30.7 Å². The van der Waals surface area contributed by atoms with Crippen molar-refractivity contribution in [3.8, 4) is 16.5 Å². The molecule has 3 aromatic heterocycles. The Labute approximate surface area is 203 Å².